The average Bonchev–Trinajstić information content (AvgIpc) is 2.91. The summed E-state index contributed by atoms with van der Waals surface area (Å²) in [7, 11) is 0. The van der Waals surface area contributed by atoms with E-state index in [0.29, 0.717) is 22.5 Å². The first kappa shape index (κ1) is 15.2. The van der Waals surface area contributed by atoms with Crippen LogP contribution < -0.4 is 5.32 Å². The molecular weight excluding hydrogens is 314 g/mol. The van der Waals surface area contributed by atoms with E-state index in [1.165, 1.54) is 6.08 Å². The molecule has 1 aliphatic heterocycles. The van der Waals surface area contributed by atoms with Gasteiger partial charge in [0.05, 0.1) is 17.0 Å². The Kier molecular flexibility index (Phi) is 3.42. The summed E-state index contributed by atoms with van der Waals surface area (Å²) in [4.78, 5) is 33.7. The van der Waals surface area contributed by atoms with Gasteiger partial charge in [-0.1, -0.05) is 18.2 Å². The van der Waals surface area contributed by atoms with E-state index < -0.39 is 0 Å². The molecule has 5 nitrogen and oxygen atoms in total. The number of nitrogens with one attached hydrogen (secondary N) is 1. The zero-order valence-electron chi connectivity index (χ0n) is 13.8. The fourth-order valence-electron chi connectivity index (χ4n) is 3.06. The van der Waals surface area contributed by atoms with Gasteiger partial charge in [0.25, 0.3) is 5.91 Å². The maximum atomic E-state index is 12.8. The fourth-order valence-corrected chi connectivity index (χ4v) is 3.06. The van der Waals surface area contributed by atoms with Crippen molar-refractivity contribution in [3.05, 3.63) is 71.1 Å². The maximum absolute atomic E-state index is 12.8. The van der Waals surface area contributed by atoms with Crippen LogP contribution in [0.4, 0.5) is 5.69 Å². The molecule has 25 heavy (non-hydrogen) atoms. The van der Waals surface area contributed by atoms with E-state index in [-0.39, 0.29) is 11.7 Å². The van der Waals surface area contributed by atoms with Crippen molar-refractivity contribution in [3.63, 3.8) is 0 Å². The van der Waals surface area contributed by atoms with Crippen LogP contribution in [0.3, 0.4) is 0 Å². The highest BCUT2D eigenvalue weighted by Gasteiger charge is 2.26. The number of hydrogen-bond acceptors (Lipinski definition) is 4. The van der Waals surface area contributed by atoms with Gasteiger partial charge >= 0.3 is 0 Å². The Bertz CT molecular complexity index is 1080. The predicted molar refractivity (Wildman–Crippen MR) is 96.4 cm³/mol. The van der Waals surface area contributed by atoms with Crippen LogP contribution in [-0.2, 0) is 4.79 Å². The van der Waals surface area contributed by atoms with Crippen LogP contribution in [0.2, 0.25) is 0 Å². The van der Waals surface area contributed by atoms with E-state index in [9.17, 15) is 9.59 Å². The normalized spacial score (nSPS) is 14.6. The minimum atomic E-state index is -0.259. The number of pyridine rings is 2. The molecule has 0 spiro atoms. The van der Waals surface area contributed by atoms with Gasteiger partial charge in [0.2, 0.25) is 0 Å². The number of benzene rings is 1. The highest BCUT2D eigenvalue weighted by atomic mass is 16.2. The molecule has 1 aromatic carbocycles. The van der Waals surface area contributed by atoms with Gasteiger partial charge in [0.1, 0.15) is 0 Å². The highest BCUT2D eigenvalue weighted by Crippen LogP contribution is 2.34. The molecule has 0 atom stereocenters. The number of rotatable bonds is 2. The molecule has 0 bridgehead atoms. The number of carbonyl (C=O) groups excluding carboxylic acids is 2. The molecule has 0 unspecified atom stereocenters. The zero-order valence-corrected chi connectivity index (χ0v) is 13.8. The third kappa shape index (κ3) is 2.50. The molecule has 1 N–H and O–H groups in total. The van der Waals surface area contributed by atoms with E-state index >= 15 is 0 Å². The number of hydrogen-bond donors (Lipinski definition) is 1. The lowest BCUT2D eigenvalue weighted by Crippen LogP contribution is -2.07. The summed E-state index contributed by atoms with van der Waals surface area (Å²) in [6, 6.07) is 11.1. The molecular formula is C20H15N3O2. The van der Waals surface area contributed by atoms with E-state index in [0.717, 1.165) is 22.2 Å². The molecule has 3 heterocycles. The Morgan fingerprint density at radius 2 is 2.00 bits per heavy atom. The van der Waals surface area contributed by atoms with Crippen LogP contribution in [0.5, 0.6) is 0 Å². The minimum absolute atomic E-state index is 0.241. The zero-order chi connectivity index (χ0) is 17.6. The minimum Gasteiger partial charge on any atom is -0.321 e. The number of amides is 1. The SMILES string of the molecule is Cc1cccc2c1NC(=O)/C2=C/C(=O)c1cc2cccnc2nc1C. The molecule has 3 aromatic rings. The lowest BCUT2D eigenvalue weighted by Gasteiger charge is -2.05. The van der Waals surface area contributed by atoms with Crippen molar-refractivity contribution in [2.24, 2.45) is 0 Å². The van der Waals surface area contributed by atoms with Crippen LogP contribution in [0.15, 0.2) is 48.7 Å². The van der Waals surface area contributed by atoms with Gasteiger partial charge in [-0.05, 0) is 43.7 Å². The third-order valence-corrected chi connectivity index (χ3v) is 4.37. The molecule has 0 saturated carbocycles. The van der Waals surface area contributed by atoms with Gasteiger partial charge < -0.3 is 5.32 Å². The molecule has 122 valence electrons. The summed E-state index contributed by atoms with van der Waals surface area (Å²) in [6.45, 7) is 3.70. The first-order chi connectivity index (χ1) is 12.0. The Hall–Kier alpha value is -3.34. The summed E-state index contributed by atoms with van der Waals surface area (Å²) in [5.41, 5.74) is 4.54. The lowest BCUT2D eigenvalue weighted by molar-refractivity contribution is -0.110. The van der Waals surface area contributed by atoms with Gasteiger partial charge in [-0.2, -0.15) is 0 Å². The van der Waals surface area contributed by atoms with Crippen LogP contribution >= 0.6 is 0 Å². The number of fused-ring (bicyclic) bond motifs is 2. The summed E-state index contributed by atoms with van der Waals surface area (Å²) >= 11 is 0. The molecule has 1 amide bonds. The predicted octanol–water partition coefficient (Wildman–Crippen LogP) is 3.47. The van der Waals surface area contributed by atoms with Crippen LogP contribution in [-0.4, -0.2) is 21.7 Å². The largest absolute Gasteiger partial charge is 0.321 e. The number of nitrogens with zero attached hydrogens (tertiary/aromatic N) is 2. The molecule has 4 rings (SSSR count). The van der Waals surface area contributed by atoms with Crippen molar-refractivity contribution in [2.45, 2.75) is 13.8 Å². The number of aryl methyl sites for hydroxylation is 2. The molecule has 0 saturated heterocycles. The second kappa shape index (κ2) is 5.63. The molecule has 1 aliphatic rings. The summed E-state index contributed by atoms with van der Waals surface area (Å²) in [5, 5.41) is 3.63. The van der Waals surface area contributed by atoms with Crippen LogP contribution in [0, 0.1) is 13.8 Å². The number of para-hydroxylation sites is 1. The summed E-state index contributed by atoms with van der Waals surface area (Å²) < 4.78 is 0. The molecule has 0 fully saturated rings. The smallest absolute Gasteiger partial charge is 0.256 e. The topological polar surface area (TPSA) is 72.0 Å². The number of carbonyl (C=O) groups is 2. The van der Waals surface area contributed by atoms with Crippen molar-refractivity contribution < 1.29 is 9.59 Å². The van der Waals surface area contributed by atoms with Crippen molar-refractivity contribution in [1.29, 1.82) is 0 Å². The Labute approximate surface area is 144 Å². The van der Waals surface area contributed by atoms with Gasteiger partial charge in [0.15, 0.2) is 11.4 Å². The van der Waals surface area contributed by atoms with Crippen molar-refractivity contribution in [2.75, 3.05) is 5.32 Å². The molecule has 0 radical (unpaired) electrons. The average molecular weight is 329 g/mol. The van der Waals surface area contributed by atoms with Gasteiger partial charge in [-0.25, -0.2) is 9.97 Å². The monoisotopic (exact) mass is 329 g/mol. The fraction of sp³-hybridized carbons (Fsp3) is 0.100. The van der Waals surface area contributed by atoms with E-state index in [1.807, 2.05) is 31.2 Å². The van der Waals surface area contributed by atoms with E-state index in [2.05, 4.69) is 15.3 Å². The van der Waals surface area contributed by atoms with Crippen LogP contribution in [0.1, 0.15) is 27.2 Å². The Morgan fingerprint density at radius 1 is 1.16 bits per heavy atom. The number of aromatic nitrogens is 2. The van der Waals surface area contributed by atoms with E-state index in [4.69, 9.17) is 0 Å². The molecule has 5 heteroatoms. The summed E-state index contributed by atoms with van der Waals surface area (Å²) in [6.07, 6.45) is 3.06. The summed E-state index contributed by atoms with van der Waals surface area (Å²) in [5.74, 6) is -0.499. The van der Waals surface area contributed by atoms with Crippen molar-refractivity contribution >= 4 is 34.0 Å². The third-order valence-electron chi connectivity index (χ3n) is 4.37. The quantitative estimate of drug-likeness (QED) is 0.577. The van der Waals surface area contributed by atoms with E-state index in [1.54, 1.807) is 25.3 Å². The van der Waals surface area contributed by atoms with Gasteiger partial charge in [-0.15, -0.1) is 0 Å². The number of anilines is 1. The van der Waals surface area contributed by atoms with Crippen molar-refractivity contribution in [3.8, 4) is 0 Å². The molecule has 0 aliphatic carbocycles. The second-order valence-electron chi connectivity index (χ2n) is 6.05. The Balaban J connectivity index is 1.81. The second-order valence-corrected chi connectivity index (χ2v) is 6.05. The maximum Gasteiger partial charge on any atom is 0.256 e. The van der Waals surface area contributed by atoms with Crippen LogP contribution in [0.25, 0.3) is 16.6 Å². The molecule has 2 aromatic heterocycles. The Morgan fingerprint density at radius 3 is 2.84 bits per heavy atom. The van der Waals surface area contributed by atoms with Gasteiger partial charge in [-0.3, -0.25) is 9.59 Å². The first-order valence-electron chi connectivity index (χ1n) is 7.94. The lowest BCUT2D eigenvalue weighted by atomic mass is 10.0. The highest BCUT2D eigenvalue weighted by molar-refractivity contribution is 6.35. The standard InChI is InChI=1S/C20H15N3O2/c1-11-5-3-7-14-16(20(25)23-18(11)14)10-17(24)15-9-13-6-4-8-21-19(13)22-12(15)2/h3-10H,1-2H3,(H,23,25)/b16-10+. The first-order valence-corrected chi connectivity index (χ1v) is 7.94. The number of allylic oxidation sites excluding steroid dienone is 1. The van der Waals surface area contributed by atoms with Gasteiger partial charge in [0, 0.05) is 22.7 Å². The number of ketones is 1. The van der Waals surface area contributed by atoms with Crippen molar-refractivity contribution in [1.82, 2.24) is 9.97 Å².